The molecule has 26 heavy (non-hydrogen) atoms. The number of thioether (sulfide) groups is 1. The molecule has 0 fully saturated rings. The molecule has 0 atom stereocenters. The van der Waals surface area contributed by atoms with Crippen molar-refractivity contribution < 1.29 is 9.59 Å². The minimum Gasteiger partial charge on any atom is -0.339 e. The molecule has 0 aliphatic carbocycles. The van der Waals surface area contributed by atoms with Gasteiger partial charge >= 0.3 is 0 Å². The van der Waals surface area contributed by atoms with Crippen LogP contribution in [0, 0.1) is 6.92 Å². The van der Waals surface area contributed by atoms with Crippen LogP contribution in [0.5, 0.6) is 0 Å². The number of nitrogens with one attached hydrogen (secondary N) is 1. The lowest BCUT2D eigenvalue weighted by Gasteiger charge is -2.19. The molecule has 0 radical (unpaired) electrons. The summed E-state index contributed by atoms with van der Waals surface area (Å²) in [5.74, 6) is 0.0862. The third-order valence-corrected chi connectivity index (χ3v) is 5.25. The molecule has 2 amide bonds. The van der Waals surface area contributed by atoms with Crippen LogP contribution >= 0.6 is 23.4 Å². The summed E-state index contributed by atoms with van der Waals surface area (Å²) in [6.07, 6.45) is 0. The molecule has 0 bridgehead atoms. The number of hydrogen-bond acceptors (Lipinski definition) is 3. The molecule has 0 saturated carbocycles. The molecule has 2 aromatic rings. The molecule has 0 unspecified atom stereocenters. The molecule has 0 aliphatic rings. The summed E-state index contributed by atoms with van der Waals surface area (Å²) in [6, 6.07) is 13.0. The van der Waals surface area contributed by atoms with Crippen molar-refractivity contribution in [1.29, 1.82) is 0 Å². The standard InChI is InChI=1S/C20H23ClN2O2S/c1-4-23(5-2)20(25)17-11-8-15(12-18(17)21)22-19(24)13-26-16-9-6-14(3)7-10-16/h6-12H,4-5,13H2,1-3H3,(H,22,24). The van der Waals surface area contributed by atoms with Gasteiger partial charge in [0.15, 0.2) is 0 Å². The summed E-state index contributed by atoms with van der Waals surface area (Å²) < 4.78 is 0. The molecule has 138 valence electrons. The van der Waals surface area contributed by atoms with E-state index in [-0.39, 0.29) is 11.8 Å². The molecule has 2 aromatic carbocycles. The topological polar surface area (TPSA) is 49.4 Å². The van der Waals surface area contributed by atoms with E-state index in [2.05, 4.69) is 5.32 Å². The first kappa shape index (κ1) is 20.3. The summed E-state index contributed by atoms with van der Waals surface area (Å²) in [7, 11) is 0. The third kappa shape index (κ3) is 5.51. The number of carbonyl (C=O) groups excluding carboxylic acids is 2. The normalized spacial score (nSPS) is 10.5. The fraction of sp³-hybridized carbons (Fsp3) is 0.300. The smallest absolute Gasteiger partial charge is 0.255 e. The minimum absolute atomic E-state index is 0.104. The van der Waals surface area contributed by atoms with E-state index >= 15 is 0 Å². The average molecular weight is 391 g/mol. The second kappa shape index (κ2) is 9.64. The quantitative estimate of drug-likeness (QED) is 0.686. The van der Waals surface area contributed by atoms with Gasteiger partial charge in [-0.15, -0.1) is 11.8 Å². The highest BCUT2D eigenvalue weighted by molar-refractivity contribution is 8.00. The van der Waals surface area contributed by atoms with Crippen LogP contribution in [-0.2, 0) is 4.79 Å². The molecular weight excluding hydrogens is 368 g/mol. The van der Waals surface area contributed by atoms with Crippen LogP contribution in [0.25, 0.3) is 0 Å². The maximum atomic E-state index is 12.4. The lowest BCUT2D eigenvalue weighted by molar-refractivity contribution is -0.113. The van der Waals surface area contributed by atoms with Gasteiger partial charge in [-0.1, -0.05) is 29.3 Å². The molecule has 0 saturated heterocycles. The van der Waals surface area contributed by atoms with Gasteiger partial charge in [-0.25, -0.2) is 0 Å². The van der Waals surface area contributed by atoms with E-state index in [0.29, 0.717) is 35.1 Å². The van der Waals surface area contributed by atoms with Crippen molar-refractivity contribution in [3.8, 4) is 0 Å². The molecule has 0 aliphatic heterocycles. The lowest BCUT2D eigenvalue weighted by Crippen LogP contribution is -2.30. The zero-order valence-corrected chi connectivity index (χ0v) is 16.8. The Bertz CT molecular complexity index is 774. The van der Waals surface area contributed by atoms with E-state index in [1.165, 1.54) is 17.3 Å². The van der Waals surface area contributed by atoms with Crippen molar-refractivity contribution in [2.75, 3.05) is 24.2 Å². The van der Waals surface area contributed by atoms with Crippen LogP contribution in [0.4, 0.5) is 5.69 Å². The Balaban J connectivity index is 1.97. The van der Waals surface area contributed by atoms with E-state index in [1.807, 2.05) is 45.0 Å². The van der Waals surface area contributed by atoms with Crippen molar-refractivity contribution in [2.45, 2.75) is 25.7 Å². The van der Waals surface area contributed by atoms with Crippen molar-refractivity contribution in [3.63, 3.8) is 0 Å². The zero-order valence-electron chi connectivity index (χ0n) is 15.2. The summed E-state index contributed by atoms with van der Waals surface area (Å²) in [6.45, 7) is 7.13. The SMILES string of the molecule is CCN(CC)C(=O)c1ccc(NC(=O)CSc2ccc(C)cc2)cc1Cl. The second-order valence-corrected chi connectivity index (χ2v) is 7.28. The van der Waals surface area contributed by atoms with Gasteiger partial charge in [0.2, 0.25) is 5.91 Å². The van der Waals surface area contributed by atoms with Crippen LogP contribution in [0.1, 0.15) is 29.8 Å². The fourth-order valence-corrected chi connectivity index (χ4v) is 3.39. The molecule has 6 heteroatoms. The van der Waals surface area contributed by atoms with E-state index in [9.17, 15) is 9.59 Å². The van der Waals surface area contributed by atoms with Crippen LogP contribution in [0.15, 0.2) is 47.4 Å². The number of halogens is 1. The summed E-state index contributed by atoms with van der Waals surface area (Å²) in [4.78, 5) is 27.3. The average Bonchev–Trinajstić information content (AvgIpc) is 2.62. The number of benzene rings is 2. The second-order valence-electron chi connectivity index (χ2n) is 5.82. The Hall–Kier alpha value is -1.98. The van der Waals surface area contributed by atoms with Gasteiger partial charge in [-0.2, -0.15) is 0 Å². The van der Waals surface area contributed by atoms with Gasteiger partial charge in [0.1, 0.15) is 0 Å². The Kier molecular flexibility index (Phi) is 7.54. The zero-order chi connectivity index (χ0) is 19.1. The summed E-state index contributed by atoms with van der Waals surface area (Å²) in [5.41, 5.74) is 2.22. The number of amides is 2. The Morgan fingerprint density at radius 3 is 2.31 bits per heavy atom. The van der Waals surface area contributed by atoms with Crippen LogP contribution in [-0.4, -0.2) is 35.6 Å². The van der Waals surface area contributed by atoms with Gasteiger partial charge in [-0.05, 0) is 51.1 Å². The Labute approximate surface area is 163 Å². The van der Waals surface area contributed by atoms with Crippen LogP contribution in [0.3, 0.4) is 0 Å². The maximum absolute atomic E-state index is 12.4. The van der Waals surface area contributed by atoms with Crippen molar-refractivity contribution in [3.05, 3.63) is 58.6 Å². The first-order valence-corrected chi connectivity index (χ1v) is 9.89. The van der Waals surface area contributed by atoms with Gasteiger partial charge in [0.25, 0.3) is 5.91 Å². The number of rotatable bonds is 7. The third-order valence-electron chi connectivity index (χ3n) is 3.92. The van der Waals surface area contributed by atoms with Crippen molar-refractivity contribution >= 4 is 40.9 Å². The summed E-state index contributed by atoms with van der Waals surface area (Å²) >= 11 is 7.72. The first-order valence-electron chi connectivity index (χ1n) is 8.52. The monoisotopic (exact) mass is 390 g/mol. The molecule has 0 spiro atoms. The molecule has 4 nitrogen and oxygen atoms in total. The molecule has 1 N–H and O–H groups in total. The molecule has 0 heterocycles. The van der Waals surface area contributed by atoms with Crippen molar-refractivity contribution in [1.82, 2.24) is 4.90 Å². The highest BCUT2D eigenvalue weighted by Crippen LogP contribution is 2.23. The maximum Gasteiger partial charge on any atom is 0.255 e. The molecule has 0 aromatic heterocycles. The Morgan fingerprint density at radius 2 is 1.73 bits per heavy atom. The lowest BCUT2D eigenvalue weighted by atomic mass is 10.1. The van der Waals surface area contributed by atoms with Crippen LogP contribution in [0.2, 0.25) is 5.02 Å². The van der Waals surface area contributed by atoms with E-state index < -0.39 is 0 Å². The van der Waals surface area contributed by atoms with E-state index in [4.69, 9.17) is 11.6 Å². The van der Waals surface area contributed by atoms with Gasteiger partial charge in [-0.3, -0.25) is 9.59 Å². The first-order chi connectivity index (χ1) is 12.4. The Morgan fingerprint density at radius 1 is 1.08 bits per heavy atom. The van der Waals surface area contributed by atoms with Gasteiger partial charge in [0, 0.05) is 23.7 Å². The molecule has 2 rings (SSSR count). The molecular formula is C20H23ClN2O2S. The number of anilines is 1. The number of aryl methyl sites for hydroxylation is 1. The van der Waals surface area contributed by atoms with Gasteiger partial charge < -0.3 is 10.2 Å². The van der Waals surface area contributed by atoms with Gasteiger partial charge in [0.05, 0.1) is 16.3 Å². The highest BCUT2D eigenvalue weighted by Gasteiger charge is 2.16. The number of nitrogens with zero attached hydrogens (tertiary/aromatic N) is 1. The van der Waals surface area contributed by atoms with Crippen molar-refractivity contribution in [2.24, 2.45) is 0 Å². The van der Waals surface area contributed by atoms with E-state index in [1.54, 1.807) is 23.1 Å². The van der Waals surface area contributed by atoms with E-state index in [0.717, 1.165) is 4.90 Å². The largest absolute Gasteiger partial charge is 0.339 e. The fourth-order valence-electron chi connectivity index (χ4n) is 2.43. The highest BCUT2D eigenvalue weighted by atomic mass is 35.5. The predicted molar refractivity (Wildman–Crippen MR) is 109 cm³/mol. The number of hydrogen-bond donors (Lipinski definition) is 1. The minimum atomic E-state index is -0.116. The predicted octanol–water partition coefficient (Wildman–Crippen LogP) is 4.86. The number of carbonyl (C=O) groups is 2. The van der Waals surface area contributed by atoms with Crippen LogP contribution < -0.4 is 5.32 Å². The summed E-state index contributed by atoms with van der Waals surface area (Å²) in [5, 5.41) is 3.16.